The molecule has 2 aromatic carbocycles. The number of anilines is 2. The lowest BCUT2D eigenvalue weighted by atomic mass is 10.1. The maximum absolute atomic E-state index is 13.3. The van der Waals surface area contributed by atoms with Gasteiger partial charge < -0.3 is 30.1 Å². The molecule has 2 aromatic heterocycles. The topological polar surface area (TPSA) is 116 Å². The summed E-state index contributed by atoms with van der Waals surface area (Å²) in [5.74, 6) is 1.71. The smallest absolute Gasteiger partial charge is 0.257 e. The van der Waals surface area contributed by atoms with Gasteiger partial charge in [0.15, 0.2) is 5.82 Å². The van der Waals surface area contributed by atoms with Crippen LogP contribution in [0.5, 0.6) is 5.75 Å². The maximum Gasteiger partial charge on any atom is 0.257 e. The summed E-state index contributed by atoms with van der Waals surface area (Å²) in [7, 11) is 0. The van der Waals surface area contributed by atoms with Gasteiger partial charge in [0.25, 0.3) is 5.91 Å². The summed E-state index contributed by atoms with van der Waals surface area (Å²) in [6.07, 6.45) is 3.79. The summed E-state index contributed by atoms with van der Waals surface area (Å²) < 4.78 is 1.90. The van der Waals surface area contributed by atoms with Crippen molar-refractivity contribution >= 4 is 23.5 Å². The second-order valence-electron chi connectivity index (χ2n) is 9.28. The number of carbonyl (C=O) groups excluding carboxylic acids is 2. The first-order valence-corrected chi connectivity index (χ1v) is 12.9. The van der Waals surface area contributed by atoms with Crippen molar-refractivity contribution in [2.75, 3.05) is 49.5 Å². The highest BCUT2D eigenvalue weighted by molar-refractivity contribution is 5.97. The standard InChI is InChI=1S/C29H31N7O3/c1-21(37)30-11-12-31-26-20-27(33-28(32-26)22-7-3-2-4-8-22)35-15-17-36(18-16-35)29(39)24-19-23(9-10-25(24)38)34-13-5-6-14-34/h2-10,13-14,19-20,38H,11-12,15-18H2,1H3,(H,30,37)(H,31,32,33). The first-order chi connectivity index (χ1) is 19.0. The zero-order chi connectivity index (χ0) is 27.2. The number of aromatic nitrogens is 3. The fraction of sp³-hybridized carbons (Fsp3) is 0.241. The normalized spacial score (nSPS) is 13.3. The molecular formula is C29H31N7O3. The third kappa shape index (κ3) is 6.18. The van der Waals surface area contributed by atoms with Gasteiger partial charge in [-0.1, -0.05) is 30.3 Å². The van der Waals surface area contributed by atoms with Crippen LogP contribution in [0.1, 0.15) is 17.3 Å². The van der Waals surface area contributed by atoms with Crippen LogP contribution in [0.15, 0.2) is 79.1 Å². The second kappa shape index (κ2) is 11.7. The zero-order valence-corrected chi connectivity index (χ0v) is 21.7. The monoisotopic (exact) mass is 525 g/mol. The van der Waals surface area contributed by atoms with E-state index in [2.05, 4.69) is 20.5 Å². The summed E-state index contributed by atoms with van der Waals surface area (Å²) in [6, 6.07) is 20.5. The van der Waals surface area contributed by atoms with Gasteiger partial charge in [0.2, 0.25) is 5.91 Å². The number of rotatable bonds is 8. The SMILES string of the molecule is CC(=O)NCCNc1cc(N2CCN(C(=O)c3cc(-n4cccc4)ccc3O)CC2)nc(-c2ccccc2)n1. The molecule has 10 nitrogen and oxygen atoms in total. The first-order valence-electron chi connectivity index (χ1n) is 12.9. The molecule has 0 spiro atoms. The molecule has 5 rings (SSSR count). The largest absolute Gasteiger partial charge is 0.507 e. The molecule has 3 N–H and O–H groups in total. The van der Waals surface area contributed by atoms with Crippen LogP contribution in [0.25, 0.3) is 17.1 Å². The van der Waals surface area contributed by atoms with E-state index in [1.165, 1.54) is 6.92 Å². The van der Waals surface area contributed by atoms with Gasteiger partial charge in [-0.3, -0.25) is 9.59 Å². The van der Waals surface area contributed by atoms with Crippen LogP contribution in [-0.4, -0.2) is 75.6 Å². The van der Waals surface area contributed by atoms with Crippen LogP contribution in [0.4, 0.5) is 11.6 Å². The van der Waals surface area contributed by atoms with Crippen molar-refractivity contribution in [1.29, 1.82) is 0 Å². The highest BCUT2D eigenvalue weighted by atomic mass is 16.3. The highest BCUT2D eigenvalue weighted by Crippen LogP contribution is 2.26. The Labute approximate surface area is 226 Å². The molecule has 0 unspecified atom stereocenters. The average molecular weight is 526 g/mol. The van der Waals surface area contributed by atoms with E-state index in [9.17, 15) is 14.7 Å². The van der Waals surface area contributed by atoms with Crippen molar-refractivity contribution in [1.82, 2.24) is 24.8 Å². The Morgan fingerprint density at radius 2 is 1.64 bits per heavy atom. The van der Waals surface area contributed by atoms with Crippen LogP contribution >= 0.6 is 0 Å². The minimum atomic E-state index is -0.200. The van der Waals surface area contributed by atoms with Crippen LogP contribution in [0, 0.1) is 0 Å². The van der Waals surface area contributed by atoms with E-state index >= 15 is 0 Å². The molecule has 1 aliphatic rings. The Bertz CT molecular complexity index is 1430. The number of phenolic OH excluding ortho intramolecular Hbond substituents is 1. The molecule has 2 amide bonds. The Morgan fingerprint density at radius 3 is 2.36 bits per heavy atom. The van der Waals surface area contributed by atoms with Crippen molar-refractivity contribution in [3.8, 4) is 22.8 Å². The molecule has 4 aromatic rings. The second-order valence-corrected chi connectivity index (χ2v) is 9.28. The van der Waals surface area contributed by atoms with E-state index < -0.39 is 0 Å². The molecular weight excluding hydrogens is 494 g/mol. The molecule has 0 saturated carbocycles. The number of aromatic hydroxyl groups is 1. The highest BCUT2D eigenvalue weighted by Gasteiger charge is 2.25. The van der Waals surface area contributed by atoms with Crippen LogP contribution < -0.4 is 15.5 Å². The molecule has 10 heteroatoms. The average Bonchev–Trinajstić information content (AvgIpc) is 3.51. The molecule has 1 saturated heterocycles. The molecule has 1 fully saturated rings. The molecule has 0 aliphatic carbocycles. The Balaban J connectivity index is 1.31. The predicted molar refractivity (Wildman–Crippen MR) is 150 cm³/mol. The quantitative estimate of drug-likeness (QED) is 0.303. The summed E-state index contributed by atoms with van der Waals surface area (Å²) in [5.41, 5.74) is 2.00. The van der Waals surface area contributed by atoms with Gasteiger partial charge in [0.1, 0.15) is 17.4 Å². The van der Waals surface area contributed by atoms with Gasteiger partial charge in [-0.2, -0.15) is 0 Å². The lowest BCUT2D eigenvalue weighted by Crippen LogP contribution is -2.49. The first kappa shape index (κ1) is 25.8. The molecule has 39 heavy (non-hydrogen) atoms. The van der Waals surface area contributed by atoms with Crippen LogP contribution in [0.3, 0.4) is 0 Å². The number of piperazine rings is 1. The van der Waals surface area contributed by atoms with Crippen molar-refractivity contribution < 1.29 is 14.7 Å². The number of carbonyl (C=O) groups is 2. The number of benzene rings is 2. The molecule has 0 radical (unpaired) electrons. The van der Waals surface area contributed by atoms with Gasteiger partial charge in [0, 0.05) is 75.9 Å². The van der Waals surface area contributed by atoms with E-state index in [-0.39, 0.29) is 23.1 Å². The summed E-state index contributed by atoms with van der Waals surface area (Å²) in [6.45, 7) is 4.64. The predicted octanol–water partition coefficient (Wildman–Crippen LogP) is 3.15. The Hall–Kier alpha value is -4.86. The number of hydrogen-bond acceptors (Lipinski definition) is 7. The summed E-state index contributed by atoms with van der Waals surface area (Å²) in [4.78, 5) is 37.9. The molecule has 3 heterocycles. The Morgan fingerprint density at radius 1 is 0.897 bits per heavy atom. The van der Waals surface area contributed by atoms with E-state index in [0.29, 0.717) is 50.9 Å². The molecule has 200 valence electrons. The lowest BCUT2D eigenvalue weighted by Gasteiger charge is -2.35. The van der Waals surface area contributed by atoms with Crippen molar-refractivity contribution in [3.63, 3.8) is 0 Å². The summed E-state index contributed by atoms with van der Waals surface area (Å²) >= 11 is 0. The minimum Gasteiger partial charge on any atom is -0.507 e. The number of hydrogen-bond donors (Lipinski definition) is 3. The van der Waals surface area contributed by atoms with Gasteiger partial charge in [-0.15, -0.1) is 0 Å². The van der Waals surface area contributed by atoms with E-state index in [0.717, 1.165) is 17.1 Å². The van der Waals surface area contributed by atoms with E-state index in [1.54, 1.807) is 23.1 Å². The van der Waals surface area contributed by atoms with Gasteiger partial charge in [-0.25, -0.2) is 9.97 Å². The fourth-order valence-electron chi connectivity index (χ4n) is 4.50. The third-order valence-corrected chi connectivity index (χ3v) is 6.55. The zero-order valence-electron chi connectivity index (χ0n) is 21.7. The van der Waals surface area contributed by atoms with Crippen LogP contribution in [-0.2, 0) is 4.79 Å². The van der Waals surface area contributed by atoms with E-state index in [1.807, 2.05) is 65.5 Å². The Kier molecular flexibility index (Phi) is 7.72. The van der Waals surface area contributed by atoms with Gasteiger partial charge in [-0.05, 0) is 30.3 Å². The number of amides is 2. The van der Waals surface area contributed by atoms with Crippen LogP contribution in [0.2, 0.25) is 0 Å². The van der Waals surface area contributed by atoms with Crippen molar-refractivity contribution in [3.05, 3.63) is 84.7 Å². The molecule has 0 atom stereocenters. The number of nitrogens with one attached hydrogen (secondary N) is 2. The van der Waals surface area contributed by atoms with Gasteiger partial charge >= 0.3 is 0 Å². The van der Waals surface area contributed by atoms with Gasteiger partial charge in [0.05, 0.1) is 5.56 Å². The lowest BCUT2D eigenvalue weighted by molar-refractivity contribution is -0.118. The van der Waals surface area contributed by atoms with Crippen molar-refractivity contribution in [2.24, 2.45) is 0 Å². The minimum absolute atomic E-state index is 0.0309. The summed E-state index contributed by atoms with van der Waals surface area (Å²) in [5, 5.41) is 16.5. The maximum atomic E-state index is 13.3. The molecule has 0 bridgehead atoms. The fourth-order valence-corrected chi connectivity index (χ4v) is 4.50. The third-order valence-electron chi connectivity index (χ3n) is 6.55. The number of nitrogens with zero attached hydrogens (tertiary/aromatic N) is 5. The molecule has 1 aliphatic heterocycles. The number of phenols is 1. The van der Waals surface area contributed by atoms with Crippen molar-refractivity contribution in [2.45, 2.75) is 6.92 Å². The van der Waals surface area contributed by atoms with E-state index in [4.69, 9.17) is 4.98 Å².